The van der Waals surface area contributed by atoms with Crippen LogP contribution in [0.5, 0.6) is 5.75 Å². The molecule has 0 aliphatic carbocycles. The lowest BCUT2D eigenvalue weighted by Crippen LogP contribution is -2.26. The molecule has 1 rings (SSSR count). The van der Waals surface area contributed by atoms with Crippen LogP contribution < -0.4 is 10.1 Å². The molecule has 4 nitrogen and oxygen atoms in total. The highest BCUT2D eigenvalue weighted by Gasteiger charge is 2.04. The van der Waals surface area contributed by atoms with Crippen LogP contribution in [0.25, 0.3) is 0 Å². The molecule has 1 aromatic rings. The Morgan fingerprint density at radius 3 is 2.88 bits per heavy atom. The molecular weight excluding hydrogens is 225 g/mol. The van der Waals surface area contributed by atoms with E-state index in [0.29, 0.717) is 13.0 Å². The van der Waals surface area contributed by atoms with Crippen molar-refractivity contribution >= 4 is 5.91 Å². The predicted molar refractivity (Wildman–Crippen MR) is 61.2 cm³/mol. The van der Waals surface area contributed by atoms with Crippen molar-refractivity contribution in [2.24, 2.45) is 0 Å². The van der Waals surface area contributed by atoms with Crippen molar-refractivity contribution < 1.29 is 19.0 Å². The van der Waals surface area contributed by atoms with Gasteiger partial charge in [0.15, 0.2) is 11.6 Å². The van der Waals surface area contributed by atoms with E-state index in [1.807, 2.05) is 0 Å². The van der Waals surface area contributed by atoms with Crippen LogP contribution in [0.4, 0.5) is 4.39 Å². The summed E-state index contributed by atoms with van der Waals surface area (Å²) in [4.78, 5) is 11.2. The molecule has 0 radical (unpaired) electrons. The smallest absolute Gasteiger partial charge is 0.223 e. The number of carbonyl (C=O) groups excluding carboxylic acids is 1. The van der Waals surface area contributed by atoms with Crippen molar-refractivity contribution in [3.63, 3.8) is 0 Å². The van der Waals surface area contributed by atoms with E-state index in [0.717, 1.165) is 0 Å². The van der Waals surface area contributed by atoms with Gasteiger partial charge in [0.05, 0.1) is 13.0 Å². The fourth-order valence-electron chi connectivity index (χ4n) is 1.21. The molecule has 0 heterocycles. The van der Waals surface area contributed by atoms with E-state index < -0.39 is 5.82 Å². The minimum absolute atomic E-state index is 0.0476. The van der Waals surface area contributed by atoms with Gasteiger partial charge in [-0.05, 0) is 18.6 Å². The molecule has 17 heavy (non-hydrogen) atoms. The Morgan fingerprint density at radius 2 is 2.18 bits per heavy atom. The monoisotopic (exact) mass is 241 g/mol. The van der Waals surface area contributed by atoms with Crippen molar-refractivity contribution in [3.8, 4) is 5.75 Å². The normalized spacial score (nSPS) is 10.0. The predicted octanol–water partition coefficient (Wildman–Crippen LogP) is 1.09. The molecule has 5 heteroatoms. The zero-order valence-corrected chi connectivity index (χ0v) is 9.49. The molecule has 2 N–H and O–H groups in total. The van der Waals surface area contributed by atoms with Gasteiger partial charge in [-0.2, -0.15) is 0 Å². The standard InChI is InChI=1S/C12H16FNO3/c13-10-4-1-2-5-11(10)17-9-6-12(16)14-7-3-8-15/h1-2,4-5,15H,3,6-9H2,(H,14,16). The zero-order valence-electron chi connectivity index (χ0n) is 9.49. The molecule has 0 atom stereocenters. The number of rotatable bonds is 7. The molecule has 0 bridgehead atoms. The van der Waals surface area contributed by atoms with Crippen LogP contribution in [0.2, 0.25) is 0 Å². The summed E-state index contributed by atoms with van der Waals surface area (Å²) in [6.07, 6.45) is 0.694. The second-order valence-electron chi connectivity index (χ2n) is 3.46. The summed E-state index contributed by atoms with van der Waals surface area (Å²) in [6.45, 7) is 0.618. The number of benzene rings is 1. The van der Waals surface area contributed by atoms with Gasteiger partial charge in [0.25, 0.3) is 0 Å². The van der Waals surface area contributed by atoms with Crippen LogP contribution in [-0.2, 0) is 4.79 Å². The number of para-hydroxylation sites is 1. The van der Waals surface area contributed by atoms with E-state index in [1.54, 1.807) is 12.1 Å². The van der Waals surface area contributed by atoms with Gasteiger partial charge in [-0.3, -0.25) is 4.79 Å². The Hall–Kier alpha value is -1.62. The van der Waals surface area contributed by atoms with E-state index in [-0.39, 0.29) is 31.3 Å². The van der Waals surface area contributed by atoms with Crippen LogP contribution in [0, 0.1) is 5.82 Å². The first-order valence-electron chi connectivity index (χ1n) is 5.49. The summed E-state index contributed by atoms with van der Waals surface area (Å²) < 4.78 is 18.2. The lowest BCUT2D eigenvalue weighted by atomic mass is 10.3. The van der Waals surface area contributed by atoms with Crippen LogP contribution in [0.15, 0.2) is 24.3 Å². The molecule has 1 amide bonds. The lowest BCUT2D eigenvalue weighted by Gasteiger charge is -2.07. The number of carbonyl (C=O) groups is 1. The summed E-state index contributed by atoms with van der Waals surface area (Å²) in [5, 5.41) is 11.1. The van der Waals surface area contributed by atoms with Crippen molar-refractivity contribution in [2.45, 2.75) is 12.8 Å². The fourth-order valence-corrected chi connectivity index (χ4v) is 1.21. The van der Waals surface area contributed by atoms with Crippen molar-refractivity contribution in [1.29, 1.82) is 0 Å². The molecule has 0 aliphatic rings. The molecule has 94 valence electrons. The Labute approximate surface area is 99.4 Å². The average molecular weight is 241 g/mol. The highest BCUT2D eigenvalue weighted by molar-refractivity contribution is 5.75. The van der Waals surface area contributed by atoms with Crippen molar-refractivity contribution in [1.82, 2.24) is 5.32 Å². The third-order valence-corrected chi connectivity index (χ3v) is 2.08. The van der Waals surface area contributed by atoms with Gasteiger partial charge in [0.2, 0.25) is 5.91 Å². The van der Waals surface area contributed by atoms with Gasteiger partial charge in [-0.15, -0.1) is 0 Å². The highest BCUT2D eigenvalue weighted by Crippen LogP contribution is 2.15. The number of hydrogen-bond acceptors (Lipinski definition) is 3. The Morgan fingerprint density at radius 1 is 1.41 bits per heavy atom. The average Bonchev–Trinajstić information content (AvgIpc) is 2.32. The van der Waals surface area contributed by atoms with Gasteiger partial charge >= 0.3 is 0 Å². The maximum atomic E-state index is 13.1. The third kappa shape index (κ3) is 5.31. The van der Waals surface area contributed by atoms with Crippen LogP contribution >= 0.6 is 0 Å². The third-order valence-electron chi connectivity index (χ3n) is 2.08. The summed E-state index contributed by atoms with van der Waals surface area (Å²) in [5.41, 5.74) is 0. The van der Waals surface area contributed by atoms with E-state index in [9.17, 15) is 9.18 Å². The maximum absolute atomic E-state index is 13.1. The fraction of sp³-hybridized carbons (Fsp3) is 0.417. The van der Waals surface area contributed by atoms with Crippen molar-refractivity contribution in [2.75, 3.05) is 19.8 Å². The Kier molecular flexibility index (Phi) is 6.03. The minimum Gasteiger partial charge on any atom is -0.490 e. The van der Waals surface area contributed by atoms with Gasteiger partial charge in [0.1, 0.15) is 0 Å². The van der Waals surface area contributed by atoms with E-state index in [4.69, 9.17) is 9.84 Å². The summed E-state index contributed by atoms with van der Waals surface area (Å²) in [5.74, 6) is -0.460. The summed E-state index contributed by atoms with van der Waals surface area (Å²) in [7, 11) is 0. The Balaban J connectivity index is 2.19. The van der Waals surface area contributed by atoms with Crippen LogP contribution in [-0.4, -0.2) is 30.8 Å². The van der Waals surface area contributed by atoms with Crippen molar-refractivity contribution in [3.05, 3.63) is 30.1 Å². The molecule has 0 spiro atoms. The molecular formula is C12H16FNO3. The molecule has 1 aromatic carbocycles. The highest BCUT2D eigenvalue weighted by atomic mass is 19.1. The molecule has 0 aliphatic heterocycles. The quantitative estimate of drug-likeness (QED) is 0.703. The minimum atomic E-state index is -0.437. The summed E-state index contributed by atoms with van der Waals surface area (Å²) in [6, 6.07) is 6.05. The first-order chi connectivity index (χ1) is 8.24. The van der Waals surface area contributed by atoms with E-state index in [1.165, 1.54) is 12.1 Å². The number of hydrogen-bond donors (Lipinski definition) is 2. The second-order valence-corrected chi connectivity index (χ2v) is 3.46. The van der Waals surface area contributed by atoms with Crippen LogP contribution in [0.1, 0.15) is 12.8 Å². The number of aliphatic hydroxyl groups is 1. The number of amides is 1. The molecule has 0 fully saturated rings. The molecule has 0 unspecified atom stereocenters. The number of nitrogens with one attached hydrogen (secondary N) is 1. The number of aliphatic hydroxyl groups excluding tert-OH is 1. The number of halogens is 1. The molecule has 0 saturated heterocycles. The zero-order chi connectivity index (χ0) is 12.5. The SMILES string of the molecule is O=C(CCOc1ccccc1F)NCCCO. The molecule has 0 saturated carbocycles. The molecule has 0 aromatic heterocycles. The number of ether oxygens (including phenoxy) is 1. The topological polar surface area (TPSA) is 58.6 Å². The van der Waals surface area contributed by atoms with Crippen LogP contribution in [0.3, 0.4) is 0 Å². The first-order valence-corrected chi connectivity index (χ1v) is 5.49. The van der Waals surface area contributed by atoms with Gasteiger partial charge < -0.3 is 15.2 Å². The first kappa shape index (κ1) is 13.4. The van der Waals surface area contributed by atoms with Gasteiger partial charge in [0, 0.05) is 13.2 Å². The largest absolute Gasteiger partial charge is 0.490 e. The lowest BCUT2D eigenvalue weighted by molar-refractivity contribution is -0.121. The second kappa shape index (κ2) is 7.62. The summed E-state index contributed by atoms with van der Waals surface area (Å²) >= 11 is 0. The van der Waals surface area contributed by atoms with Gasteiger partial charge in [-0.25, -0.2) is 4.39 Å². The Bertz CT molecular complexity index is 357. The van der Waals surface area contributed by atoms with E-state index >= 15 is 0 Å². The maximum Gasteiger partial charge on any atom is 0.223 e. The van der Waals surface area contributed by atoms with Gasteiger partial charge in [-0.1, -0.05) is 12.1 Å². The van der Waals surface area contributed by atoms with E-state index in [2.05, 4.69) is 5.32 Å².